The average Bonchev–Trinajstić information content (AvgIpc) is 2.61. The summed E-state index contributed by atoms with van der Waals surface area (Å²) in [5.41, 5.74) is 2.42. The standard InChI is InChI=1S/C16H25N3O2/c1-13-11-18(2)15-7-5-4-6-14(15)12-19(13)16(20)10-17-8-9-21-3/h4-7,13,17H,8-12H2,1-3H3. The number of hydrogen-bond donors (Lipinski definition) is 1. The van der Waals surface area contributed by atoms with Crippen molar-refractivity contribution >= 4 is 11.6 Å². The van der Waals surface area contributed by atoms with Crippen LogP contribution in [-0.4, -0.2) is 57.2 Å². The molecule has 1 unspecified atom stereocenters. The van der Waals surface area contributed by atoms with Gasteiger partial charge in [-0.25, -0.2) is 0 Å². The highest BCUT2D eigenvalue weighted by Gasteiger charge is 2.26. The second kappa shape index (κ2) is 7.43. The number of carbonyl (C=O) groups excluding carboxylic acids is 1. The number of likely N-dealkylation sites (N-methyl/N-ethyl adjacent to an activating group) is 1. The van der Waals surface area contributed by atoms with Crippen LogP contribution in [0.2, 0.25) is 0 Å². The van der Waals surface area contributed by atoms with Crippen molar-refractivity contribution in [3.63, 3.8) is 0 Å². The van der Waals surface area contributed by atoms with Crippen molar-refractivity contribution in [1.82, 2.24) is 10.2 Å². The maximum Gasteiger partial charge on any atom is 0.237 e. The van der Waals surface area contributed by atoms with E-state index in [0.29, 0.717) is 26.2 Å². The van der Waals surface area contributed by atoms with E-state index in [1.54, 1.807) is 7.11 Å². The Kier molecular flexibility index (Phi) is 5.59. The molecule has 1 aromatic carbocycles. The summed E-state index contributed by atoms with van der Waals surface area (Å²) in [4.78, 5) is 16.6. The molecule has 1 aromatic rings. The van der Waals surface area contributed by atoms with Crippen LogP contribution in [0.5, 0.6) is 0 Å². The minimum absolute atomic E-state index is 0.142. The Balaban J connectivity index is 2.04. The number of nitrogens with one attached hydrogen (secondary N) is 1. The molecule has 0 radical (unpaired) electrons. The Hall–Kier alpha value is -1.59. The van der Waals surface area contributed by atoms with Gasteiger partial charge in [0.15, 0.2) is 0 Å². The zero-order valence-electron chi connectivity index (χ0n) is 13.1. The van der Waals surface area contributed by atoms with Crippen LogP contribution in [0, 0.1) is 0 Å². The van der Waals surface area contributed by atoms with E-state index >= 15 is 0 Å². The predicted octanol–water partition coefficient (Wildman–Crippen LogP) is 1.09. The zero-order valence-corrected chi connectivity index (χ0v) is 13.1. The number of benzene rings is 1. The van der Waals surface area contributed by atoms with Crippen LogP contribution in [0.25, 0.3) is 0 Å². The van der Waals surface area contributed by atoms with E-state index in [0.717, 1.165) is 6.54 Å². The fourth-order valence-electron chi connectivity index (χ4n) is 2.75. The van der Waals surface area contributed by atoms with E-state index in [9.17, 15) is 4.79 Å². The van der Waals surface area contributed by atoms with Gasteiger partial charge in [0.1, 0.15) is 0 Å². The van der Waals surface area contributed by atoms with Crippen molar-refractivity contribution < 1.29 is 9.53 Å². The molecule has 0 aliphatic carbocycles. The molecule has 116 valence electrons. The number of carbonyl (C=O) groups is 1. The minimum Gasteiger partial charge on any atom is -0.383 e. The third-order valence-corrected chi connectivity index (χ3v) is 3.89. The van der Waals surface area contributed by atoms with Crippen LogP contribution in [-0.2, 0) is 16.1 Å². The number of ether oxygens (including phenoxy) is 1. The number of para-hydroxylation sites is 1. The summed E-state index contributed by atoms with van der Waals surface area (Å²) in [6, 6.07) is 8.49. The Morgan fingerprint density at radius 3 is 2.95 bits per heavy atom. The number of methoxy groups -OCH3 is 1. The lowest BCUT2D eigenvalue weighted by Crippen LogP contribution is -2.45. The molecule has 0 fully saturated rings. The Bertz CT molecular complexity index is 478. The first-order chi connectivity index (χ1) is 10.1. The average molecular weight is 291 g/mol. The molecule has 5 nitrogen and oxygen atoms in total. The van der Waals surface area contributed by atoms with Gasteiger partial charge in [0.05, 0.1) is 13.2 Å². The molecule has 0 aromatic heterocycles. The Morgan fingerprint density at radius 2 is 2.19 bits per heavy atom. The Labute approximate surface area is 126 Å². The molecule has 1 aliphatic rings. The van der Waals surface area contributed by atoms with Gasteiger partial charge in [-0.1, -0.05) is 18.2 Å². The molecule has 1 amide bonds. The van der Waals surface area contributed by atoms with E-state index in [1.165, 1.54) is 11.3 Å². The van der Waals surface area contributed by atoms with Crippen LogP contribution in [0.15, 0.2) is 24.3 Å². The number of anilines is 1. The summed E-state index contributed by atoms with van der Waals surface area (Å²) >= 11 is 0. The minimum atomic E-state index is 0.142. The van der Waals surface area contributed by atoms with E-state index in [-0.39, 0.29) is 11.9 Å². The summed E-state index contributed by atoms with van der Waals surface area (Å²) in [5.74, 6) is 0.142. The van der Waals surface area contributed by atoms with Gasteiger partial charge in [0.25, 0.3) is 0 Å². The fraction of sp³-hybridized carbons (Fsp3) is 0.562. The lowest BCUT2D eigenvalue weighted by atomic mass is 10.1. The van der Waals surface area contributed by atoms with Crippen molar-refractivity contribution in [3.05, 3.63) is 29.8 Å². The Morgan fingerprint density at radius 1 is 1.43 bits per heavy atom. The molecule has 1 heterocycles. The molecule has 0 spiro atoms. The maximum atomic E-state index is 12.4. The second-order valence-corrected chi connectivity index (χ2v) is 5.55. The van der Waals surface area contributed by atoms with Crippen molar-refractivity contribution in [3.8, 4) is 0 Å². The molecule has 1 atom stereocenters. The number of rotatable bonds is 5. The number of hydrogen-bond acceptors (Lipinski definition) is 4. The van der Waals surface area contributed by atoms with Crippen LogP contribution in [0.3, 0.4) is 0 Å². The van der Waals surface area contributed by atoms with E-state index < -0.39 is 0 Å². The van der Waals surface area contributed by atoms with E-state index in [1.807, 2.05) is 17.0 Å². The molecule has 0 saturated carbocycles. The summed E-state index contributed by atoms with van der Waals surface area (Å²) in [6.45, 7) is 5.30. The zero-order chi connectivity index (χ0) is 15.2. The molecule has 1 aliphatic heterocycles. The predicted molar refractivity (Wildman–Crippen MR) is 84.5 cm³/mol. The van der Waals surface area contributed by atoms with Gasteiger partial charge in [0.2, 0.25) is 5.91 Å². The first-order valence-corrected chi connectivity index (χ1v) is 7.41. The number of fused-ring (bicyclic) bond motifs is 1. The second-order valence-electron chi connectivity index (χ2n) is 5.55. The highest BCUT2D eigenvalue weighted by Crippen LogP contribution is 2.25. The summed E-state index contributed by atoms with van der Waals surface area (Å²) in [5, 5.41) is 3.13. The third kappa shape index (κ3) is 3.95. The molecular weight excluding hydrogens is 266 g/mol. The fourth-order valence-corrected chi connectivity index (χ4v) is 2.75. The monoisotopic (exact) mass is 291 g/mol. The first-order valence-electron chi connectivity index (χ1n) is 7.41. The molecule has 5 heteroatoms. The molecule has 0 saturated heterocycles. The molecular formula is C16H25N3O2. The molecule has 2 rings (SSSR count). The van der Waals surface area contributed by atoms with Gasteiger partial charge >= 0.3 is 0 Å². The highest BCUT2D eigenvalue weighted by molar-refractivity contribution is 5.79. The van der Waals surface area contributed by atoms with Crippen LogP contribution >= 0.6 is 0 Å². The van der Waals surface area contributed by atoms with Gasteiger partial charge in [-0.2, -0.15) is 0 Å². The van der Waals surface area contributed by atoms with Gasteiger partial charge in [-0.05, 0) is 18.6 Å². The van der Waals surface area contributed by atoms with Crippen LogP contribution in [0.1, 0.15) is 12.5 Å². The number of amides is 1. The van der Waals surface area contributed by atoms with Gasteiger partial charge < -0.3 is 19.9 Å². The normalized spacial score (nSPS) is 18.3. The van der Waals surface area contributed by atoms with Crippen molar-refractivity contribution in [2.24, 2.45) is 0 Å². The third-order valence-electron chi connectivity index (χ3n) is 3.89. The first kappa shape index (κ1) is 15.8. The number of nitrogens with zero attached hydrogens (tertiary/aromatic N) is 2. The van der Waals surface area contributed by atoms with Gasteiger partial charge in [0, 0.05) is 45.5 Å². The van der Waals surface area contributed by atoms with Crippen molar-refractivity contribution in [2.45, 2.75) is 19.5 Å². The summed E-state index contributed by atoms with van der Waals surface area (Å²) in [6.07, 6.45) is 0. The molecule has 0 bridgehead atoms. The SMILES string of the molecule is COCCNCC(=O)N1Cc2ccccc2N(C)CC1C. The maximum absolute atomic E-state index is 12.4. The van der Waals surface area contributed by atoms with E-state index in [4.69, 9.17) is 4.74 Å². The highest BCUT2D eigenvalue weighted by atomic mass is 16.5. The van der Waals surface area contributed by atoms with E-state index in [2.05, 4.69) is 36.3 Å². The van der Waals surface area contributed by atoms with Crippen LogP contribution in [0.4, 0.5) is 5.69 Å². The molecule has 1 N–H and O–H groups in total. The van der Waals surface area contributed by atoms with Gasteiger partial charge in [-0.15, -0.1) is 0 Å². The lowest BCUT2D eigenvalue weighted by molar-refractivity contribution is -0.132. The van der Waals surface area contributed by atoms with Crippen molar-refractivity contribution in [1.29, 1.82) is 0 Å². The quantitative estimate of drug-likeness (QED) is 0.825. The van der Waals surface area contributed by atoms with Crippen LogP contribution < -0.4 is 10.2 Å². The smallest absolute Gasteiger partial charge is 0.237 e. The largest absolute Gasteiger partial charge is 0.383 e. The topological polar surface area (TPSA) is 44.8 Å². The molecule has 21 heavy (non-hydrogen) atoms. The summed E-state index contributed by atoms with van der Waals surface area (Å²) in [7, 11) is 3.74. The van der Waals surface area contributed by atoms with Crippen molar-refractivity contribution in [2.75, 3.05) is 45.3 Å². The lowest BCUT2D eigenvalue weighted by Gasteiger charge is -2.28. The van der Waals surface area contributed by atoms with Gasteiger partial charge in [-0.3, -0.25) is 4.79 Å². The summed E-state index contributed by atoms with van der Waals surface area (Å²) < 4.78 is 4.98.